The maximum atomic E-state index is 12.5. The van der Waals surface area contributed by atoms with E-state index in [4.69, 9.17) is 0 Å². The highest BCUT2D eigenvalue weighted by Crippen LogP contribution is 2.30. The number of aliphatic hydroxyl groups excluding tert-OH is 1. The van der Waals surface area contributed by atoms with Gasteiger partial charge in [-0.2, -0.15) is 14.0 Å². The summed E-state index contributed by atoms with van der Waals surface area (Å²) in [6.45, 7) is -0.885. The van der Waals surface area contributed by atoms with Crippen LogP contribution in [0.3, 0.4) is 0 Å². The van der Waals surface area contributed by atoms with Crippen molar-refractivity contribution in [2.75, 3.05) is 11.9 Å². The summed E-state index contributed by atoms with van der Waals surface area (Å²) in [5.74, 6) is -0.0309. The number of aryl methyl sites for hydroxylation is 1. The van der Waals surface area contributed by atoms with Gasteiger partial charge in [0.2, 0.25) is 0 Å². The molecule has 0 aliphatic carbocycles. The molecule has 0 bridgehead atoms. The first-order valence-corrected chi connectivity index (χ1v) is 8.24. The maximum Gasteiger partial charge on any atom is 0.387 e. The molecule has 27 heavy (non-hydrogen) atoms. The second kappa shape index (κ2) is 7.98. The van der Waals surface area contributed by atoms with Crippen molar-refractivity contribution in [1.82, 2.24) is 4.98 Å². The van der Waals surface area contributed by atoms with Crippen LogP contribution in [0, 0.1) is 18.3 Å². The minimum absolute atomic E-state index is 0.0309. The first-order chi connectivity index (χ1) is 13.0. The van der Waals surface area contributed by atoms with E-state index in [-0.39, 0.29) is 17.9 Å². The molecule has 2 N–H and O–H groups in total. The van der Waals surface area contributed by atoms with Gasteiger partial charge in [0.1, 0.15) is 11.8 Å². The number of pyridine rings is 1. The normalized spacial score (nSPS) is 12.0. The second-order valence-corrected chi connectivity index (χ2v) is 6.03. The second-order valence-electron chi connectivity index (χ2n) is 6.03. The van der Waals surface area contributed by atoms with Gasteiger partial charge < -0.3 is 15.2 Å². The van der Waals surface area contributed by atoms with E-state index in [0.29, 0.717) is 16.6 Å². The Balaban J connectivity index is 1.92. The summed E-state index contributed by atoms with van der Waals surface area (Å²) < 4.78 is 29.4. The van der Waals surface area contributed by atoms with Gasteiger partial charge in [-0.1, -0.05) is 29.8 Å². The van der Waals surface area contributed by atoms with Crippen molar-refractivity contribution in [3.63, 3.8) is 0 Å². The number of aliphatic hydroxyl groups is 1. The predicted octanol–water partition coefficient (Wildman–Crippen LogP) is 4.16. The Morgan fingerprint density at radius 3 is 2.78 bits per heavy atom. The van der Waals surface area contributed by atoms with E-state index in [2.05, 4.69) is 15.0 Å². The lowest BCUT2D eigenvalue weighted by atomic mass is 10.1. The zero-order valence-electron chi connectivity index (χ0n) is 14.5. The van der Waals surface area contributed by atoms with Crippen LogP contribution in [-0.4, -0.2) is 23.2 Å². The molecule has 0 radical (unpaired) electrons. The standard InChI is InChI=1S/C20H17F2N3O2/c1-12-3-2-4-13(7-12)18(26)11-25-19-14(9-23)10-24-17-6-5-15(8-16(17)19)27-20(21)22/h2-8,10,18,20,26H,11H2,1H3,(H,24,25). The molecule has 138 valence electrons. The lowest BCUT2D eigenvalue weighted by Gasteiger charge is -2.16. The number of alkyl halides is 2. The summed E-state index contributed by atoms with van der Waals surface area (Å²) in [4.78, 5) is 4.16. The molecule has 1 aromatic heterocycles. The van der Waals surface area contributed by atoms with Crippen LogP contribution in [0.15, 0.2) is 48.7 Å². The number of halogens is 2. The lowest BCUT2D eigenvalue weighted by Crippen LogP contribution is -2.13. The fraction of sp³-hybridized carbons (Fsp3) is 0.200. The van der Waals surface area contributed by atoms with Crippen LogP contribution in [0.5, 0.6) is 5.75 Å². The first kappa shape index (κ1) is 18.5. The van der Waals surface area contributed by atoms with Crippen molar-refractivity contribution in [3.05, 3.63) is 65.4 Å². The fourth-order valence-corrected chi connectivity index (χ4v) is 2.82. The van der Waals surface area contributed by atoms with Gasteiger partial charge in [0.25, 0.3) is 0 Å². The Morgan fingerprint density at radius 2 is 2.07 bits per heavy atom. The average Bonchev–Trinajstić information content (AvgIpc) is 2.65. The van der Waals surface area contributed by atoms with Crippen LogP contribution in [0.4, 0.5) is 14.5 Å². The summed E-state index contributed by atoms with van der Waals surface area (Å²) >= 11 is 0. The number of nitriles is 1. The quantitative estimate of drug-likeness (QED) is 0.682. The molecule has 1 heterocycles. The highest BCUT2D eigenvalue weighted by atomic mass is 19.3. The van der Waals surface area contributed by atoms with Crippen LogP contribution < -0.4 is 10.1 Å². The molecule has 3 aromatic rings. The Hall–Kier alpha value is -3.24. The molecule has 0 saturated carbocycles. The highest BCUT2D eigenvalue weighted by molar-refractivity contribution is 5.94. The largest absolute Gasteiger partial charge is 0.435 e. The van der Waals surface area contributed by atoms with Gasteiger partial charge >= 0.3 is 6.61 Å². The minimum Gasteiger partial charge on any atom is -0.435 e. The van der Waals surface area contributed by atoms with E-state index in [1.165, 1.54) is 24.4 Å². The summed E-state index contributed by atoms with van der Waals surface area (Å²) in [5, 5.41) is 23.3. The Kier molecular flexibility index (Phi) is 5.48. The number of ether oxygens (including phenoxy) is 1. The van der Waals surface area contributed by atoms with E-state index in [9.17, 15) is 19.1 Å². The summed E-state index contributed by atoms with van der Waals surface area (Å²) in [5.41, 5.74) is 2.93. The third-order valence-corrected chi connectivity index (χ3v) is 4.08. The van der Waals surface area contributed by atoms with E-state index in [0.717, 1.165) is 11.1 Å². The van der Waals surface area contributed by atoms with Gasteiger partial charge in [0.05, 0.1) is 22.9 Å². The number of rotatable bonds is 6. The van der Waals surface area contributed by atoms with Crippen molar-refractivity contribution >= 4 is 16.6 Å². The van der Waals surface area contributed by atoms with Crippen molar-refractivity contribution in [2.24, 2.45) is 0 Å². The maximum absolute atomic E-state index is 12.5. The molecule has 1 atom stereocenters. The van der Waals surface area contributed by atoms with Gasteiger partial charge in [0.15, 0.2) is 0 Å². The molecule has 3 rings (SSSR count). The lowest BCUT2D eigenvalue weighted by molar-refractivity contribution is -0.0497. The monoisotopic (exact) mass is 369 g/mol. The Labute approximate surface area is 154 Å². The Morgan fingerprint density at radius 1 is 1.26 bits per heavy atom. The zero-order valence-corrected chi connectivity index (χ0v) is 14.5. The van der Waals surface area contributed by atoms with Gasteiger partial charge in [0, 0.05) is 18.1 Å². The number of nitrogens with one attached hydrogen (secondary N) is 1. The zero-order chi connectivity index (χ0) is 19.4. The molecule has 7 heteroatoms. The van der Waals surface area contributed by atoms with Crippen molar-refractivity contribution < 1.29 is 18.6 Å². The molecule has 1 unspecified atom stereocenters. The van der Waals surface area contributed by atoms with Crippen LogP contribution in [0.1, 0.15) is 22.8 Å². The smallest absolute Gasteiger partial charge is 0.387 e. The highest BCUT2D eigenvalue weighted by Gasteiger charge is 2.14. The SMILES string of the molecule is Cc1cccc(C(O)CNc2c(C#N)cnc3ccc(OC(F)F)cc23)c1. The van der Waals surface area contributed by atoms with Gasteiger partial charge in [-0.05, 0) is 30.7 Å². The van der Waals surface area contributed by atoms with Crippen molar-refractivity contribution in [2.45, 2.75) is 19.6 Å². The van der Waals surface area contributed by atoms with Gasteiger partial charge in [-0.15, -0.1) is 0 Å². The number of fused-ring (bicyclic) bond motifs is 1. The average molecular weight is 369 g/mol. The molecule has 5 nitrogen and oxygen atoms in total. The number of nitrogens with zero attached hydrogens (tertiary/aromatic N) is 2. The number of benzene rings is 2. The molecular weight excluding hydrogens is 352 g/mol. The van der Waals surface area contributed by atoms with Gasteiger partial charge in [-0.25, -0.2) is 0 Å². The number of anilines is 1. The molecule has 0 amide bonds. The van der Waals surface area contributed by atoms with Crippen LogP contribution >= 0.6 is 0 Å². The Bertz CT molecular complexity index is 1000. The number of hydrogen-bond donors (Lipinski definition) is 2. The third-order valence-electron chi connectivity index (χ3n) is 4.08. The molecule has 0 saturated heterocycles. The van der Waals surface area contributed by atoms with E-state index < -0.39 is 12.7 Å². The van der Waals surface area contributed by atoms with Gasteiger partial charge in [-0.3, -0.25) is 4.98 Å². The van der Waals surface area contributed by atoms with E-state index in [1.807, 2.05) is 37.3 Å². The first-order valence-electron chi connectivity index (χ1n) is 8.24. The van der Waals surface area contributed by atoms with E-state index in [1.54, 1.807) is 0 Å². The molecular formula is C20H17F2N3O2. The summed E-state index contributed by atoms with van der Waals surface area (Å²) in [6, 6.07) is 13.8. The molecule has 0 aliphatic rings. The molecule has 0 fully saturated rings. The van der Waals surface area contributed by atoms with Crippen molar-refractivity contribution in [3.8, 4) is 11.8 Å². The van der Waals surface area contributed by atoms with Crippen LogP contribution in [0.25, 0.3) is 10.9 Å². The topological polar surface area (TPSA) is 78.2 Å². The van der Waals surface area contributed by atoms with Crippen molar-refractivity contribution in [1.29, 1.82) is 5.26 Å². The third kappa shape index (κ3) is 4.30. The number of aromatic nitrogens is 1. The molecule has 0 aliphatic heterocycles. The fourth-order valence-electron chi connectivity index (χ4n) is 2.82. The summed E-state index contributed by atoms with van der Waals surface area (Å²) in [7, 11) is 0. The van der Waals surface area contributed by atoms with Crippen LogP contribution in [-0.2, 0) is 0 Å². The molecule has 0 spiro atoms. The molecule has 2 aromatic carbocycles. The van der Waals surface area contributed by atoms with E-state index >= 15 is 0 Å². The number of hydrogen-bond acceptors (Lipinski definition) is 5. The minimum atomic E-state index is -2.95. The summed E-state index contributed by atoms with van der Waals surface area (Å²) in [6.07, 6.45) is 0.595. The predicted molar refractivity (Wildman–Crippen MR) is 97.7 cm³/mol. The van der Waals surface area contributed by atoms with Crippen LogP contribution in [0.2, 0.25) is 0 Å².